The smallest absolute Gasteiger partial charge is 0.275 e. The minimum atomic E-state index is -0.740. The Balaban J connectivity index is 1.57. The van der Waals surface area contributed by atoms with Crippen molar-refractivity contribution >= 4 is 34.2 Å². The molecule has 0 radical (unpaired) electrons. The van der Waals surface area contributed by atoms with Gasteiger partial charge >= 0.3 is 0 Å². The van der Waals surface area contributed by atoms with Crippen molar-refractivity contribution in [3.63, 3.8) is 0 Å². The third-order valence-electron chi connectivity index (χ3n) is 4.17. The van der Waals surface area contributed by atoms with Crippen molar-refractivity contribution in [2.75, 3.05) is 16.8 Å². The molecular formula is C18H14FN5O3. The second kappa shape index (κ2) is 6.69. The van der Waals surface area contributed by atoms with Gasteiger partial charge in [0.1, 0.15) is 11.5 Å². The summed E-state index contributed by atoms with van der Waals surface area (Å²) in [6.07, 6.45) is 3.34. The molecule has 1 saturated heterocycles. The Labute approximate surface area is 152 Å². The van der Waals surface area contributed by atoms with Crippen LogP contribution < -0.4 is 10.2 Å². The third-order valence-corrected chi connectivity index (χ3v) is 4.17. The Morgan fingerprint density at radius 2 is 2.11 bits per heavy atom. The Morgan fingerprint density at radius 3 is 2.81 bits per heavy atom. The van der Waals surface area contributed by atoms with E-state index in [0.717, 1.165) is 0 Å². The van der Waals surface area contributed by atoms with Crippen LogP contribution in [0.25, 0.3) is 10.9 Å². The first-order valence-corrected chi connectivity index (χ1v) is 8.17. The standard InChI is InChI=1S/C18H14FN5O3/c19-11-4-10-2-1-3-20-17(10)13(5-11)23-18(27)14-7-22-15(8-21-14)24-9-12(25)6-16(24)26/h1-5,7-8,12,25H,6,9H2,(H,23,27)/t12-/m0/s1. The molecule has 0 bridgehead atoms. The number of fused-ring (bicyclic) bond motifs is 1. The van der Waals surface area contributed by atoms with Gasteiger partial charge in [0.05, 0.1) is 42.7 Å². The second-order valence-electron chi connectivity index (χ2n) is 6.10. The van der Waals surface area contributed by atoms with Gasteiger partial charge in [-0.1, -0.05) is 6.07 Å². The van der Waals surface area contributed by atoms with Crippen LogP contribution in [0.4, 0.5) is 15.9 Å². The number of benzene rings is 1. The lowest BCUT2D eigenvalue weighted by Crippen LogP contribution is -2.26. The molecule has 8 nitrogen and oxygen atoms in total. The van der Waals surface area contributed by atoms with Crippen LogP contribution >= 0.6 is 0 Å². The number of carbonyl (C=O) groups excluding carboxylic acids is 2. The molecule has 136 valence electrons. The maximum atomic E-state index is 13.8. The molecule has 0 unspecified atom stereocenters. The number of pyridine rings is 1. The van der Waals surface area contributed by atoms with Crippen LogP contribution in [-0.2, 0) is 4.79 Å². The zero-order valence-corrected chi connectivity index (χ0v) is 14.0. The number of β-amino-alcohol motifs (C(OH)–C–C–N with tert-alkyl or cyclic N) is 1. The number of amides is 2. The summed E-state index contributed by atoms with van der Waals surface area (Å²) >= 11 is 0. The van der Waals surface area contributed by atoms with Crippen molar-refractivity contribution in [3.8, 4) is 0 Å². The van der Waals surface area contributed by atoms with Gasteiger partial charge in [0.25, 0.3) is 5.91 Å². The highest BCUT2D eigenvalue weighted by atomic mass is 19.1. The molecule has 1 atom stereocenters. The van der Waals surface area contributed by atoms with Gasteiger partial charge in [-0.05, 0) is 18.2 Å². The van der Waals surface area contributed by atoms with Gasteiger partial charge in [-0.15, -0.1) is 0 Å². The number of nitrogens with zero attached hydrogens (tertiary/aromatic N) is 4. The van der Waals surface area contributed by atoms with Crippen LogP contribution in [0.1, 0.15) is 16.9 Å². The summed E-state index contributed by atoms with van der Waals surface area (Å²) in [5.74, 6) is -1.09. The fraction of sp³-hybridized carbons (Fsp3) is 0.167. The van der Waals surface area contributed by atoms with Gasteiger partial charge in [-0.2, -0.15) is 0 Å². The minimum Gasteiger partial charge on any atom is -0.391 e. The normalized spacial score (nSPS) is 16.7. The Morgan fingerprint density at radius 1 is 1.26 bits per heavy atom. The zero-order chi connectivity index (χ0) is 19.0. The van der Waals surface area contributed by atoms with E-state index in [1.54, 1.807) is 18.3 Å². The molecule has 9 heteroatoms. The number of carbonyl (C=O) groups is 2. The SMILES string of the molecule is O=C(Nc1cc(F)cc2cccnc12)c1cnc(N2C[C@@H](O)CC2=O)cn1. The van der Waals surface area contributed by atoms with Crippen molar-refractivity contribution in [1.29, 1.82) is 0 Å². The summed E-state index contributed by atoms with van der Waals surface area (Å²) in [7, 11) is 0. The van der Waals surface area contributed by atoms with Gasteiger partial charge in [0.2, 0.25) is 5.91 Å². The average molecular weight is 367 g/mol. The molecule has 2 amide bonds. The molecule has 0 spiro atoms. The van der Waals surface area contributed by atoms with Crippen LogP contribution in [0.15, 0.2) is 42.9 Å². The molecule has 2 aromatic heterocycles. The predicted molar refractivity (Wildman–Crippen MR) is 94.7 cm³/mol. The predicted octanol–water partition coefficient (Wildman–Crippen LogP) is 1.51. The topological polar surface area (TPSA) is 108 Å². The lowest BCUT2D eigenvalue weighted by atomic mass is 10.2. The summed E-state index contributed by atoms with van der Waals surface area (Å²) in [5, 5.41) is 12.7. The number of aliphatic hydroxyl groups excluding tert-OH is 1. The molecule has 1 aliphatic rings. The van der Waals surface area contributed by atoms with E-state index in [1.165, 1.54) is 29.4 Å². The molecule has 3 aromatic rings. The molecule has 27 heavy (non-hydrogen) atoms. The molecule has 1 fully saturated rings. The van der Waals surface area contributed by atoms with E-state index in [-0.39, 0.29) is 36.1 Å². The van der Waals surface area contributed by atoms with E-state index in [4.69, 9.17) is 0 Å². The highest BCUT2D eigenvalue weighted by Gasteiger charge is 2.30. The van der Waals surface area contributed by atoms with E-state index in [2.05, 4.69) is 20.3 Å². The van der Waals surface area contributed by atoms with Crippen molar-refractivity contribution < 1.29 is 19.1 Å². The maximum absolute atomic E-state index is 13.8. The number of halogens is 1. The van der Waals surface area contributed by atoms with Gasteiger partial charge in [-0.25, -0.2) is 14.4 Å². The van der Waals surface area contributed by atoms with Gasteiger partial charge in [-0.3, -0.25) is 19.5 Å². The molecule has 0 saturated carbocycles. The first kappa shape index (κ1) is 17.0. The van der Waals surface area contributed by atoms with E-state index in [1.807, 2.05) is 0 Å². The van der Waals surface area contributed by atoms with E-state index in [0.29, 0.717) is 10.9 Å². The summed E-state index contributed by atoms with van der Waals surface area (Å²) in [4.78, 5) is 37.8. The molecule has 1 aromatic carbocycles. The van der Waals surface area contributed by atoms with Crippen molar-refractivity contribution in [2.24, 2.45) is 0 Å². The molecule has 2 N–H and O–H groups in total. The number of hydrogen-bond donors (Lipinski definition) is 2. The molecule has 4 rings (SSSR count). The maximum Gasteiger partial charge on any atom is 0.275 e. The molecule has 0 aliphatic carbocycles. The Bertz CT molecular complexity index is 1040. The first-order valence-electron chi connectivity index (χ1n) is 8.17. The van der Waals surface area contributed by atoms with Crippen molar-refractivity contribution in [2.45, 2.75) is 12.5 Å². The largest absolute Gasteiger partial charge is 0.391 e. The lowest BCUT2D eigenvalue weighted by Gasteiger charge is -2.14. The third kappa shape index (κ3) is 3.32. The van der Waals surface area contributed by atoms with Crippen LogP contribution in [0.2, 0.25) is 0 Å². The fourth-order valence-corrected chi connectivity index (χ4v) is 2.93. The number of hydrogen-bond acceptors (Lipinski definition) is 6. The lowest BCUT2D eigenvalue weighted by molar-refractivity contribution is -0.117. The quantitative estimate of drug-likeness (QED) is 0.727. The van der Waals surface area contributed by atoms with Crippen molar-refractivity contribution in [3.05, 3.63) is 54.4 Å². The summed E-state index contributed by atoms with van der Waals surface area (Å²) in [6.45, 7) is 0.139. The van der Waals surface area contributed by atoms with Gasteiger partial charge in [0, 0.05) is 11.6 Å². The highest BCUT2D eigenvalue weighted by molar-refractivity contribution is 6.07. The first-order chi connectivity index (χ1) is 13.0. The van der Waals surface area contributed by atoms with Crippen LogP contribution in [0.3, 0.4) is 0 Å². The molecular weight excluding hydrogens is 353 g/mol. The number of aliphatic hydroxyl groups is 1. The Kier molecular flexibility index (Phi) is 4.21. The van der Waals surface area contributed by atoms with Crippen molar-refractivity contribution in [1.82, 2.24) is 15.0 Å². The Hall–Kier alpha value is -3.46. The summed E-state index contributed by atoms with van der Waals surface area (Å²) < 4.78 is 13.8. The number of anilines is 2. The highest BCUT2D eigenvalue weighted by Crippen LogP contribution is 2.23. The molecule has 1 aliphatic heterocycles. The van der Waals surface area contributed by atoms with E-state index >= 15 is 0 Å². The van der Waals surface area contributed by atoms with Gasteiger partial charge in [0.15, 0.2) is 5.82 Å². The fourth-order valence-electron chi connectivity index (χ4n) is 2.93. The zero-order valence-electron chi connectivity index (χ0n) is 14.0. The van der Waals surface area contributed by atoms with Gasteiger partial charge < -0.3 is 10.4 Å². The van der Waals surface area contributed by atoms with Crippen LogP contribution in [0.5, 0.6) is 0 Å². The number of rotatable bonds is 3. The van der Waals surface area contributed by atoms with Crippen LogP contribution in [-0.4, -0.2) is 44.5 Å². The van der Waals surface area contributed by atoms with Crippen LogP contribution in [0, 0.1) is 5.82 Å². The second-order valence-corrected chi connectivity index (χ2v) is 6.10. The summed E-state index contributed by atoms with van der Waals surface area (Å²) in [6, 6.07) is 5.87. The molecule has 3 heterocycles. The average Bonchev–Trinajstić information content (AvgIpc) is 3.00. The number of aromatic nitrogens is 3. The van der Waals surface area contributed by atoms with E-state index in [9.17, 15) is 19.1 Å². The minimum absolute atomic E-state index is 0.000660. The number of nitrogens with one attached hydrogen (secondary N) is 1. The van der Waals surface area contributed by atoms with E-state index < -0.39 is 17.8 Å². The summed E-state index contributed by atoms with van der Waals surface area (Å²) in [5.41, 5.74) is 0.673. The monoisotopic (exact) mass is 367 g/mol.